The van der Waals surface area contributed by atoms with Gasteiger partial charge in [0.25, 0.3) is 0 Å². The van der Waals surface area contributed by atoms with E-state index in [0.717, 1.165) is 37.6 Å². The Morgan fingerprint density at radius 2 is 1.88 bits per heavy atom. The molecule has 3 rings (SSSR count). The molecule has 32 heavy (non-hydrogen) atoms. The maximum atomic E-state index is 12.1. The van der Waals surface area contributed by atoms with Crippen molar-refractivity contribution in [2.45, 2.75) is 39.4 Å². The highest BCUT2D eigenvalue weighted by Gasteiger charge is 2.27. The molecule has 2 aromatic carbocycles. The summed E-state index contributed by atoms with van der Waals surface area (Å²) < 4.78 is 10.0. The lowest BCUT2D eigenvalue weighted by atomic mass is 10.1. The summed E-state index contributed by atoms with van der Waals surface area (Å²) in [5.74, 6) is -0.408. The van der Waals surface area contributed by atoms with Crippen LogP contribution in [-0.2, 0) is 16.0 Å². The van der Waals surface area contributed by atoms with Crippen LogP contribution in [0.5, 0.6) is 0 Å². The third-order valence-corrected chi connectivity index (χ3v) is 5.96. The van der Waals surface area contributed by atoms with E-state index >= 15 is 0 Å². The minimum absolute atomic E-state index is 0.215. The largest absolute Gasteiger partial charge is 0.460 e. The number of ether oxygens (including phenoxy) is 2. The number of rotatable bonds is 9. The first-order chi connectivity index (χ1) is 15.4. The van der Waals surface area contributed by atoms with Crippen molar-refractivity contribution in [3.63, 3.8) is 0 Å². The van der Waals surface area contributed by atoms with Gasteiger partial charge in [0, 0.05) is 44.5 Å². The summed E-state index contributed by atoms with van der Waals surface area (Å²) in [6.07, 6.45) is 0. The molecule has 3 N–H and O–H groups in total. The molecule has 0 aliphatic carbocycles. The number of benzene rings is 2. The molecule has 2 atom stereocenters. The monoisotopic (exact) mass is 440 g/mol. The molecule has 1 aliphatic heterocycles. The molecule has 174 valence electrons. The molecule has 2 aromatic rings. The Morgan fingerprint density at radius 3 is 2.53 bits per heavy atom. The number of likely N-dealkylation sites (N-methyl/N-ethyl adjacent to an activating group) is 1. The van der Waals surface area contributed by atoms with E-state index in [2.05, 4.69) is 54.1 Å². The number of esters is 1. The van der Waals surface area contributed by atoms with Crippen LogP contribution in [0.4, 0.5) is 17.1 Å². The zero-order chi connectivity index (χ0) is 23.1. The summed E-state index contributed by atoms with van der Waals surface area (Å²) in [6.45, 7) is 11.6. The molecule has 0 saturated carbocycles. The van der Waals surface area contributed by atoms with Gasteiger partial charge in [-0.25, -0.2) is 4.79 Å². The van der Waals surface area contributed by atoms with Crippen molar-refractivity contribution in [3.05, 3.63) is 53.6 Å². The molecule has 7 nitrogen and oxygen atoms in total. The molecule has 0 aromatic heterocycles. The third kappa shape index (κ3) is 6.22. The summed E-state index contributed by atoms with van der Waals surface area (Å²) in [6, 6.07) is 14.7. The Labute approximate surface area is 191 Å². The van der Waals surface area contributed by atoms with E-state index < -0.39 is 5.97 Å². The first-order valence-corrected chi connectivity index (χ1v) is 11.3. The highest BCUT2D eigenvalue weighted by atomic mass is 16.6. The molecule has 0 spiro atoms. The number of nitrogens with zero attached hydrogens (tertiary/aromatic N) is 2. The average molecular weight is 441 g/mol. The number of carbonyl (C=O) groups excluding carboxylic acids is 1. The van der Waals surface area contributed by atoms with E-state index in [1.807, 2.05) is 12.1 Å². The predicted octanol–water partition coefficient (Wildman–Crippen LogP) is 3.73. The van der Waals surface area contributed by atoms with E-state index in [1.165, 1.54) is 5.56 Å². The molecule has 0 amide bonds. The van der Waals surface area contributed by atoms with Crippen LogP contribution in [0.25, 0.3) is 0 Å². The van der Waals surface area contributed by atoms with Crippen LogP contribution < -0.4 is 11.1 Å². The van der Waals surface area contributed by atoms with Gasteiger partial charge in [-0.2, -0.15) is 0 Å². The number of nitrogens with one attached hydrogen (secondary N) is 1. The second-order valence-electron chi connectivity index (χ2n) is 8.48. The highest BCUT2D eigenvalue weighted by molar-refractivity contribution is 5.92. The molecular weight excluding hydrogens is 404 g/mol. The van der Waals surface area contributed by atoms with Crippen molar-refractivity contribution in [2.75, 3.05) is 51.0 Å². The van der Waals surface area contributed by atoms with Crippen molar-refractivity contribution in [1.29, 1.82) is 0 Å². The van der Waals surface area contributed by atoms with Crippen LogP contribution in [0.15, 0.2) is 42.5 Å². The minimum Gasteiger partial charge on any atom is -0.460 e. The first-order valence-electron chi connectivity index (χ1n) is 11.3. The van der Waals surface area contributed by atoms with Gasteiger partial charge in [-0.3, -0.25) is 9.80 Å². The quantitative estimate of drug-likeness (QED) is 0.349. The van der Waals surface area contributed by atoms with Gasteiger partial charge in [0.15, 0.2) is 0 Å². The maximum absolute atomic E-state index is 12.1. The van der Waals surface area contributed by atoms with Crippen molar-refractivity contribution in [3.8, 4) is 0 Å². The lowest BCUT2D eigenvalue weighted by Crippen LogP contribution is -2.56. The lowest BCUT2D eigenvalue weighted by Gasteiger charge is -2.44. The summed E-state index contributed by atoms with van der Waals surface area (Å²) >= 11 is 0. The van der Waals surface area contributed by atoms with Crippen LogP contribution in [0, 0.1) is 0 Å². The van der Waals surface area contributed by atoms with Gasteiger partial charge in [-0.05, 0) is 56.3 Å². The standard InChI is InChI=1S/C25H36N4O3/c1-5-29-18(2)15-28(16-19(29)3)17-20-7-6-8-22(13-20)27-24-10-9-21(14-23(24)26)25(30)32-12-11-31-4/h6-10,13-14,18-19,27H,5,11-12,15-17,26H2,1-4H3. The molecule has 1 fully saturated rings. The van der Waals surface area contributed by atoms with Crippen molar-refractivity contribution in [2.24, 2.45) is 0 Å². The molecule has 7 heteroatoms. The van der Waals surface area contributed by atoms with Crippen LogP contribution in [0.3, 0.4) is 0 Å². The second-order valence-corrected chi connectivity index (χ2v) is 8.48. The SMILES string of the molecule is CCN1C(C)CN(Cc2cccc(Nc3ccc(C(=O)OCCOC)cc3N)c2)CC1C. The Bertz CT molecular complexity index is 893. The number of hydrogen-bond acceptors (Lipinski definition) is 7. The number of nitrogen functional groups attached to an aromatic ring is 1. The number of nitrogens with two attached hydrogens (primary N) is 1. The molecular formula is C25H36N4O3. The number of anilines is 3. The van der Waals surface area contributed by atoms with E-state index in [1.54, 1.807) is 19.2 Å². The van der Waals surface area contributed by atoms with Gasteiger partial charge in [0.05, 0.1) is 23.5 Å². The van der Waals surface area contributed by atoms with Crippen molar-refractivity contribution in [1.82, 2.24) is 9.80 Å². The smallest absolute Gasteiger partial charge is 0.338 e. The molecule has 0 radical (unpaired) electrons. The second kappa shape index (κ2) is 11.3. The molecule has 1 aliphatic rings. The third-order valence-electron chi connectivity index (χ3n) is 5.96. The zero-order valence-electron chi connectivity index (χ0n) is 19.6. The van der Waals surface area contributed by atoms with Gasteiger partial charge < -0.3 is 20.5 Å². The summed E-state index contributed by atoms with van der Waals surface area (Å²) in [4.78, 5) is 17.2. The average Bonchev–Trinajstić information content (AvgIpc) is 2.75. The Morgan fingerprint density at radius 1 is 1.12 bits per heavy atom. The maximum Gasteiger partial charge on any atom is 0.338 e. The van der Waals surface area contributed by atoms with Crippen LogP contribution in [0.1, 0.15) is 36.7 Å². The van der Waals surface area contributed by atoms with Crippen LogP contribution in [-0.4, -0.2) is 67.8 Å². The number of hydrogen-bond donors (Lipinski definition) is 2. The number of piperazine rings is 1. The zero-order valence-corrected chi connectivity index (χ0v) is 19.6. The lowest BCUT2D eigenvalue weighted by molar-refractivity contribution is 0.0387. The van der Waals surface area contributed by atoms with Crippen LogP contribution in [0.2, 0.25) is 0 Å². The number of methoxy groups -OCH3 is 1. The fraction of sp³-hybridized carbons (Fsp3) is 0.480. The van der Waals surface area contributed by atoms with E-state index in [-0.39, 0.29) is 6.61 Å². The summed E-state index contributed by atoms with van der Waals surface area (Å²) in [5.41, 5.74) is 10.1. The Hall–Kier alpha value is -2.61. The van der Waals surface area contributed by atoms with Gasteiger partial charge in [0.2, 0.25) is 0 Å². The highest BCUT2D eigenvalue weighted by Crippen LogP contribution is 2.26. The number of carbonyl (C=O) groups is 1. The molecule has 2 unspecified atom stereocenters. The van der Waals surface area contributed by atoms with E-state index in [9.17, 15) is 4.79 Å². The molecule has 1 saturated heterocycles. The van der Waals surface area contributed by atoms with E-state index in [4.69, 9.17) is 15.2 Å². The summed E-state index contributed by atoms with van der Waals surface area (Å²) in [5, 5.41) is 3.38. The van der Waals surface area contributed by atoms with Crippen molar-refractivity contribution < 1.29 is 14.3 Å². The fourth-order valence-electron chi connectivity index (χ4n) is 4.48. The Balaban J connectivity index is 1.63. The summed E-state index contributed by atoms with van der Waals surface area (Å²) in [7, 11) is 1.56. The van der Waals surface area contributed by atoms with Crippen molar-refractivity contribution >= 4 is 23.0 Å². The molecule has 0 bridgehead atoms. The normalized spacial score (nSPS) is 19.6. The molecule has 1 heterocycles. The minimum atomic E-state index is -0.408. The van der Waals surface area contributed by atoms with Crippen LogP contribution >= 0.6 is 0 Å². The topological polar surface area (TPSA) is 80.1 Å². The van der Waals surface area contributed by atoms with Gasteiger partial charge >= 0.3 is 5.97 Å². The Kier molecular flexibility index (Phi) is 8.50. The van der Waals surface area contributed by atoms with E-state index in [0.29, 0.717) is 29.9 Å². The predicted molar refractivity (Wildman–Crippen MR) is 129 cm³/mol. The van der Waals surface area contributed by atoms with Gasteiger partial charge in [0.1, 0.15) is 6.61 Å². The van der Waals surface area contributed by atoms with Gasteiger partial charge in [-0.15, -0.1) is 0 Å². The first kappa shape index (κ1) is 24.0. The van der Waals surface area contributed by atoms with Gasteiger partial charge in [-0.1, -0.05) is 19.1 Å². The fourth-order valence-corrected chi connectivity index (χ4v) is 4.48.